The van der Waals surface area contributed by atoms with Gasteiger partial charge in [-0.15, -0.1) is 0 Å². The van der Waals surface area contributed by atoms with Crippen molar-refractivity contribution in [2.45, 2.75) is 25.3 Å². The minimum Gasteiger partial charge on any atom is -0.508 e. The average molecular weight is 314 g/mol. The average Bonchev–Trinajstić information content (AvgIpc) is 2.47. The van der Waals surface area contributed by atoms with Gasteiger partial charge in [-0.1, -0.05) is 0 Å². The molecule has 0 amide bonds. The van der Waals surface area contributed by atoms with E-state index in [-0.39, 0.29) is 12.3 Å². The van der Waals surface area contributed by atoms with E-state index in [9.17, 15) is 23.4 Å². The van der Waals surface area contributed by atoms with Gasteiger partial charge in [-0.2, -0.15) is 12.7 Å². The Morgan fingerprint density at radius 3 is 2.48 bits per heavy atom. The summed E-state index contributed by atoms with van der Waals surface area (Å²) < 4.78 is 27.3. The number of anilines is 1. The van der Waals surface area contributed by atoms with Crippen molar-refractivity contribution >= 4 is 21.9 Å². The number of aliphatic carboxylic acids is 1. The number of nitrogens with zero attached hydrogens (tertiary/aromatic N) is 2. The van der Waals surface area contributed by atoms with Crippen LogP contribution in [-0.4, -0.2) is 48.5 Å². The Bertz CT molecular complexity index is 614. The first-order valence-corrected chi connectivity index (χ1v) is 8.01. The summed E-state index contributed by atoms with van der Waals surface area (Å²) in [4.78, 5) is 11.3. The quantitative estimate of drug-likeness (QED) is 0.864. The molecule has 1 fully saturated rings. The number of benzene rings is 1. The molecule has 0 bridgehead atoms. The van der Waals surface area contributed by atoms with Crippen LogP contribution < -0.4 is 4.31 Å². The van der Waals surface area contributed by atoms with E-state index in [1.165, 1.54) is 31.3 Å². The number of aromatic hydroxyl groups is 1. The maximum Gasteiger partial charge on any atom is 0.322 e. The van der Waals surface area contributed by atoms with Gasteiger partial charge < -0.3 is 10.2 Å². The van der Waals surface area contributed by atoms with E-state index < -0.39 is 22.2 Å². The Kier molecular flexibility index (Phi) is 4.38. The molecular weight excluding hydrogens is 296 g/mol. The van der Waals surface area contributed by atoms with Crippen LogP contribution in [0.2, 0.25) is 0 Å². The Morgan fingerprint density at radius 1 is 1.29 bits per heavy atom. The van der Waals surface area contributed by atoms with E-state index >= 15 is 0 Å². The maximum atomic E-state index is 12.6. The van der Waals surface area contributed by atoms with Crippen LogP contribution in [0.4, 0.5) is 5.69 Å². The lowest BCUT2D eigenvalue weighted by Gasteiger charge is -2.35. The molecular formula is C13H18N2O5S. The Balaban J connectivity index is 2.31. The van der Waals surface area contributed by atoms with Crippen LogP contribution in [0.3, 0.4) is 0 Å². The van der Waals surface area contributed by atoms with E-state index in [2.05, 4.69) is 0 Å². The normalized spacial score (nSPS) is 20.1. The van der Waals surface area contributed by atoms with Gasteiger partial charge in [-0.3, -0.25) is 9.10 Å². The zero-order valence-electron chi connectivity index (χ0n) is 11.6. The van der Waals surface area contributed by atoms with Crippen LogP contribution in [-0.2, 0) is 15.0 Å². The van der Waals surface area contributed by atoms with Gasteiger partial charge in [-0.25, -0.2) is 0 Å². The largest absolute Gasteiger partial charge is 0.508 e. The van der Waals surface area contributed by atoms with Crippen molar-refractivity contribution in [3.63, 3.8) is 0 Å². The predicted octanol–water partition coefficient (Wildman–Crippen LogP) is 1.01. The zero-order chi connectivity index (χ0) is 15.6. The molecule has 0 aromatic heterocycles. The summed E-state index contributed by atoms with van der Waals surface area (Å²) in [6.45, 7) is 0.196. The van der Waals surface area contributed by atoms with Crippen LogP contribution in [0.15, 0.2) is 24.3 Å². The second kappa shape index (κ2) is 5.90. The molecule has 0 saturated carbocycles. The van der Waals surface area contributed by atoms with Gasteiger partial charge in [0.05, 0.1) is 5.69 Å². The molecule has 1 atom stereocenters. The molecule has 1 heterocycles. The number of hydrogen-bond acceptors (Lipinski definition) is 4. The molecule has 0 radical (unpaired) electrons. The molecule has 1 saturated heterocycles. The van der Waals surface area contributed by atoms with Gasteiger partial charge in [0.1, 0.15) is 11.8 Å². The van der Waals surface area contributed by atoms with Crippen LogP contribution in [0.25, 0.3) is 0 Å². The van der Waals surface area contributed by atoms with Gasteiger partial charge in [0.25, 0.3) is 0 Å². The van der Waals surface area contributed by atoms with Gasteiger partial charge in [0.2, 0.25) is 0 Å². The van der Waals surface area contributed by atoms with Gasteiger partial charge >= 0.3 is 16.2 Å². The van der Waals surface area contributed by atoms with Gasteiger partial charge in [0.15, 0.2) is 0 Å². The smallest absolute Gasteiger partial charge is 0.322 e. The van der Waals surface area contributed by atoms with E-state index in [1.807, 2.05) is 0 Å². The molecule has 1 unspecified atom stereocenters. The SMILES string of the molecule is CN(c1ccc(O)cc1)S(=O)(=O)N1CCCCC1C(=O)O. The van der Waals surface area contributed by atoms with E-state index in [1.54, 1.807) is 0 Å². The van der Waals surface area contributed by atoms with Crippen molar-refractivity contribution in [3.8, 4) is 5.75 Å². The molecule has 8 heteroatoms. The summed E-state index contributed by atoms with van der Waals surface area (Å²) in [5.74, 6) is -1.09. The number of phenolic OH excluding ortho intramolecular Hbond substituents is 1. The Hall–Kier alpha value is -1.80. The number of rotatable bonds is 4. The fraction of sp³-hybridized carbons (Fsp3) is 0.462. The summed E-state index contributed by atoms with van der Waals surface area (Å²) in [6, 6.07) is 4.67. The summed E-state index contributed by atoms with van der Waals surface area (Å²) in [5.41, 5.74) is 0.363. The highest BCUT2D eigenvalue weighted by molar-refractivity contribution is 7.90. The molecule has 0 spiro atoms. The van der Waals surface area contributed by atoms with Crippen molar-refractivity contribution in [1.29, 1.82) is 0 Å². The number of carbonyl (C=O) groups is 1. The number of piperidine rings is 1. The molecule has 116 valence electrons. The number of carboxylic acid groups (broad SMARTS) is 1. The highest BCUT2D eigenvalue weighted by Crippen LogP contribution is 2.26. The number of carboxylic acids is 1. The number of hydrogen-bond donors (Lipinski definition) is 2. The second-order valence-electron chi connectivity index (χ2n) is 4.95. The first-order valence-electron chi connectivity index (χ1n) is 6.61. The fourth-order valence-corrected chi connectivity index (χ4v) is 3.96. The Labute approximate surface area is 123 Å². The van der Waals surface area contributed by atoms with Crippen molar-refractivity contribution < 1.29 is 23.4 Å². The van der Waals surface area contributed by atoms with E-state index in [4.69, 9.17) is 0 Å². The molecule has 21 heavy (non-hydrogen) atoms. The molecule has 1 aromatic carbocycles. The third-order valence-electron chi connectivity index (χ3n) is 3.59. The first-order chi connectivity index (χ1) is 9.84. The highest BCUT2D eigenvalue weighted by atomic mass is 32.2. The molecule has 1 aliphatic heterocycles. The maximum absolute atomic E-state index is 12.6. The standard InChI is InChI=1S/C13H18N2O5S/c1-14(10-5-7-11(16)8-6-10)21(19,20)15-9-3-2-4-12(15)13(17)18/h5-8,12,16H,2-4,9H2,1H3,(H,17,18). The highest BCUT2D eigenvalue weighted by Gasteiger charge is 2.39. The summed E-state index contributed by atoms with van der Waals surface area (Å²) in [7, 11) is -2.55. The van der Waals surface area contributed by atoms with Crippen molar-refractivity contribution in [3.05, 3.63) is 24.3 Å². The molecule has 2 N–H and O–H groups in total. The van der Waals surface area contributed by atoms with E-state index in [0.29, 0.717) is 24.9 Å². The molecule has 1 aliphatic rings. The molecule has 7 nitrogen and oxygen atoms in total. The lowest BCUT2D eigenvalue weighted by molar-refractivity contribution is -0.142. The molecule has 0 aliphatic carbocycles. The topological polar surface area (TPSA) is 98.2 Å². The third kappa shape index (κ3) is 3.11. The van der Waals surface area contributed by atoms with Gasteiger partial charge in [-0.05, 0) is 43.5 Å². The minimum absolute atomic E-state index is 0.0333. The summed E-state index contributed by atoms with van der Waals surface area (Å²) >= 11 is 0. The lowest BCUT2D eigenvalue weighted by atomic mass is 10.1. The van der Waals surface area contributed by atoms with Crippen molar-refractivity contribution in [1.82, 2.24) is 4.31 Å². The van der Waals surface area contributed by atoms with Crippen molar-refractivity contribution in [2.24, 2.45) is 0 Å². The van der Waals surface area contributed by atoms with Crippen LogP contribution in [0.5, 0.6) is 5.75 Å². The van der Waals surface area contributed by atoms with Crippen LogP contribution in [0.1, 0.15) is 19.3 Å². The summed E-state index contributed by atoms with van der Waals surface area (Å²) in [5, 5.41) is 18.5. The van der Waals surface area contributed by atoms with Gasteiger partial charge in [0, 0.05) is 13.6 Å². The Morgan fingerprint density at radius 2 is 1.90 bits per heavy atom. The monoisotopic (exact) mass is 314 g/mol. The molecule has 2 rings (SSSR count). The zero-order valence-corrected chi connectivity index (χ0v) is 12.5. The fourth-order valence-electron chi connectivity index (χ4n) is 2.38. The third-order valence-corrected chi connectivity index (χ3v) is 5.53. The summed E-state index contributed by atoms with van der Waals surface area (Å²) in [6.07, 6.45) is 1.66. The second-order valence-corrected chi connectivity index (χ2v) is 6.86. The number of phenols is 1. The predicted molar refractivity (Wildman–Crippen MR) is 77.4 cm³/mol. The van der Waals surface area contributed by atoms with E-state index in [0.717, 1.165) is 8.61 Å². The van der Waals surface area contributed by atoms with Crippen molar-refractivity contribution in [2.75, 3.05) is 17.9 Å². The molecule has 1 aromatic rings. The first kappa shape index (κ1) is 15.6. The minimum atomic E-state index is -3.92. The van der Waals surface area contributed by atoms with Crippen LogP contribution >= 0.6 is 0 Å². The van der Waals surface area contributed by atoms with Crippen LogP contribution in [0, 0.1) is 0 Å². The lowest BCUT2D eigenvalue weighted by Crippen LogP contribution is -2.52.